The first-order chi connectivity index (χ1) is 8.48. The van der Waals surface area contributed by atoms with Crippen LogP contribution in [0.5, 0.6) is 0 Å². The molecule has 0 saturated heterocycles. The SMILES string of the molecule is CC(C)(C)Cc1ccc2[nH]c(CCCN)nc2c1. The van der Waals surface area contributed by atoms with Crippen molar-refractivity contribution in [2.45, 2.75) is 40.0 Å². The number of aryl methyl sites for hydroxylation is 1. The van der Waals surface area contributed by atoms with Crippen molar-refractivity contribution in [2.75, 3.05) is 6.54 Å². The predicted molar refractivity (Wildman–Crippen MR) is 76.6 cm³/mol. The van der Waals surface area contributed by atoms with Crippen molar-refractivity contribution in [2.24, 2.45) is 11.1 Å². The summed E-state index contributed by atoms with van der Waals surface area (Å²) in [5.41, 5.74) is 9.39. The Bertz CT molecular complexity index is 520. The van der Waals surface area contributed by atoms with Gasteiger partial charge in [0, 0.05) is 6.42 Å². The Balaban J connectivity index is 2.22. The zero-order valence-corrected chi connectivity index (χ0v) is 11.6. The summed E-state index contributed by atoms with van der Waals surface area (Å²) in [6.45, 7) is 7.49. The second-order valence-electron chi connectivity index (χ2n) is 6.16. The van der Waals surface area contributed by atoms with Crippen LogP contribution in [0, 0.1) is 5.41 Å². The van der Waals surface area contributed by atoms with E-state index in [1.807, 2.05) is 0 Å². The minimum atomic E-state index is 0.312. The lowest BCUT2D eigenvalue weighted by molar-refractivity contribution is 0.411. The Morgan fingerprint density at radius 1 is 1.28 bits per heavy atom. The van der Waals surface area contributed by atoms with Crippen LogP contribution in [0.2, 0.25) is 0 Å². The highest BCUT2D eigenvalue weighted by atomic mass is 14.9. The molecule has 3 heteroatoms. The first-order valence-corrected chi connectivity index (χ1v) is 6.65. The van der Waals surface area contributed by atoms with Gasteiger partial charge in [0.05, 0.1) is 11.0 Å². The lowest BCUT2D eigenvalue weighted by atomic mass is 9.88. The van der Waals surface area contributed by atoms with Gasteiger partial charge in [-0.25, -0.2) is 4.98 Å². The Morgan fingerprint density at radius 2 is 2.06 bits per heavy atom. The molecular formula is C15H23N3. The Labute approximate surface area is 109 Å². The monoisotopic (exact) mass is 245 g/mol. The summed E-state index contributed by atoms with van der Waals surface area (Å²) in [6, 6.07) is 6.52. The first-order valence-electron chi connectivity index (χ1n) is 6.65. The number of hydrogen-bond donors (Lipinski definition) is 2. The number of nitrogens with two attached hydrogens (primary N) is 1. The molecule has 3 N–H and O–H groups in total. The van der Waals surface area contributed by atoms with Crippen molar-refractivity contribution in [1.82, 2.24) is 9.97 Å². The fourth-order valence-corrected chi connectivity index (χ4v) is 2.21. The van der Waals surface area contributed by atoms with Crippen molar-refractivity contribution < 1.29 is 0 Å². The summed E-state index contributed by atoms with van der Waals surface area (Å²) in [7, 11) is 0. The molecule has 0 aliphatic heterocycles. The van der Waals surface area contributed by atoms with Crippen molar-refractivity contribution in [3.63, 3.8) is 0 Å². The number of H-pyrrole nitrogens is 1. The Hall–Kier alpha value is -1.35. The van der Waals surface area contributed by atoms with Crippen LogP contribution in [0.4, 0.5) is 0 Å². The maximum absolute atomic E-state index is 5.52. The molecule has 2 aromatic rings. The fraction of sp³-hybridized carbons (Fsp3) is 0.533. The van der Waals surface area contributed by atoms with Crippen LogP contribution in [0.1, 0.15) is 38.6 Å². The van der Waals surface area contributed by atoms with Gasteiger partial charge in [0.2, 0.25) is 0 Å². The lowest BCUT2D eigenvalue weighted by Crippen LogP contribution is -2.08. The molecule has 18 heavy (non-hydrogen) atoms. The topological polar surface area (TPSA) is 54.7 Å². The van der Waals surface area contributed by atoms with Crippen LogP contribution >= 0.6 is 0 Å². The molecule has 0 aliphatic carbocycles. The second-order valence-corrected chi connectivity index (χ2v) is 6.16. The maximum atomic E-state index is 5.52. The van der Waals surface area contributed by atoms with Crippen LogP contribution in [0.3, 0.4) is 0 Å². The summed E-state index contributed by atoms with van der Waals surface area (Å²) < 4.78 is 0. The molecule has 0 unspecified atom stereocenters. The highest BCUT2D eigenvalue weighted by Gasteiger charge is 2.12. The number of benzene rings is 1. The van der Waals surface area contributed by atoms with Crippen molar-refractivity contribution in [3.8, 4) is 0 Å². The van der Waals surface area contributed by atoms with Crippen molar-refractivity contribution >= 4 is 11.0 Å². The van der Waals surface area contributed by atoms with Gasteiger partial charge < -0.3 is 10.7 Å². The minimum absolute atomic E-state index is 0.312. The van der Waals surface area contributed by atoms with E-state index >= 15 is 0 Å². The summed E-state index contributed by atoms with van der Waals surface area (Å²) in [6.07, 6.45) is 2.99. The van der Waals surface area contributed by atoms with Gasteiger partial charge in [0.1, 0.15) is 5.82 Å². The molecule has 0 bridgehead atoms. The van der Waals surface area contributed by atoms with Gasteiger partial charge in [-0.05, 0) is 42.5 Å². The predicted octanol–water partition coefficient (Wildman–Crippen LogP) is 3.04. The molecule has 1 aromatic carbocycles. The average molecular weight is 245 g/mol. The molecular weight excluding hydrogens is 222 g/mol. The molecule has 0 fully saturated rings. The molecule has 0 radical (unpaired) electrons. The summed E-state index contributed by atoms with van der Waals surface area (Å²) in [5, 5.41) is 0. The number of fused-ring (bicyclic) bond motifs is 1. The van der Waals surface area contributed by atoms with E-state index in [0.29, 0.717) is 12.0 Å². The number of aromatic nitrogens is 2. The van der Waals surface area contributed by atoms with Gasteiger partial charge in [-0.1, -0.05) is 26.8 Å². The Kier molecular flexibility index (Phi) is 3.71. The van der Waals surface area contributed by atoms with E-state index in [-0.39, 0.29) is 0 Å². The second kappa shape index (κ2) is 5.11. The molecule has 0 amide bonds. The van der Waals surface area contributed by atoms with Gasteiger partial charge in [0.15, 0.2) is 0 Å². The van der Waals surface area contributed by atoms with E-state index in [4.69, 9.17) is 5.73 Å². The average Bonchev–Trinajstić information content (AvgIpc) is 2.66. The van der Waals surface area contributed by atoms with Crippen LogP contribution in [0.15, 0.2) is 18.2 Å². The van der Waals surface area contributed by atoms with E-state index in [2.05, 4.69) is 48.9 Å². The van der Waals surface area contributed by atoms with Gasteiger partial charge in [-0.2, -0.15) is 0 Å². The lowest BCUT2D eigenvalue weighted by Gasteiger charge is -2.17. The van der Waals surface area contributed by atoms with Crippen molar-refractivity contribution in [1.29, 1.82) is 0 Å². The fourth-order valence-electron chi connectivity index (χ4n) is 2.21. The molecule has 0 atom stereocenters. The molecule has 1 aromatic heterocycles. The van der Waals surface area contributed by atoms with E-state index in [1.54, 1.807) is 0 Å². The van der Waals surface area contributed by atoms with E-state index in [9.17, 15) is 0 Å². The standard InChI is InChI=1S/C15H23N3/c1-15(2,3)10-11-6-7-12-13(9-11)18-14(17-12)5-4-8-16/h6-7,9H,4-5,8,10,16H2,1-3H3,(H,17,18). The maximum Gasteiger partial charge on any atom is 0.107 e. The molecule has 98 valence electrons. The van der Waals surface area contributed by atoms with E-state index < -0.39 is 0 Å². The zero-order chi connectivity index (χ0) is 13.2. The smallest absolute Gasteiger partial charge is 0.107 e. The highest BCUT2D eigenvalue weighted by Crippen LogP contribution is 2.23. The summed E-state index contributed by atoms with van der Waals surface area (Å²) in [5.74, 6) is 1.04. The summed E-state index contributed by atoms with van der Waals surface area (Å²) in [4.78, 5) is 7.98. The number of imidazole rings is 1. The number of aromatic amines is 1. The number of nitrogens with zero attached hydrogens (tertiary/aromatic N) is 1. The quantitative estimate of drug-likeness (QED) is 0.870. The van der Waals surface area contributed by atoms with E-state index in [0.717, 1.165) is 36.1 Å². The van der Waals surface area contributed by atoms with Gasteiger partial charge in [-0.15, -0.1) is 0 Å². The van der Waals surface area contributed by atoms with Crippen LogP contribution in [-0.4, -0.2) is 16.5 Å². The normalized spacial score (nSPS) is 12.2. The number of hydrogen-bond acceptors (Lipinski definition) is 2. The first kappa shape index (κ1) is 13.1. The zero-order valence-electron chi connectivity index (χ0n) is 11.6. The highest BCUT2D eigenvalue weighted by molar-refractivity contribution is 5.75. The molecule has 2 rings (SSSR count). The van der Waals surface area contributed by atoms with Crippen LogP contribution in [0.25, 0.3) is 11.0 Å². The van der Waals surface area contributed by atoms with Gasteiger partial charge in [-0.3, -0.25) is 0 Å². The molecule has 0 spiro atoms. The van der Waals surface area contributed by atoms with E-state index in [1.165, 1.54) is 5.56 Å². The molecule has 0 aliphatic rings. The Morgan fingerprint density at radius 3 is 2.72 bits per heavy atom. The van der Waals surface area contributed by atoms with Gasteiger partial charge >= 0.3 is 0 Å². The third kappa shape index (κ3) is 3.33. The van der Waals surface area contributed by atoms with Crippen molar-refractivity contribution in [3.05, 3.63) is 29.6 Å². The van der Waals surface area contributed by atoms with Crippen LogP contribution < -0.4 is 5.73 Å². The third-order valence-corrected chi connectivity index (χ3v) is 2.95. The van der Waals surface area contributed by atoms with Gasteiger partial charge in [0.25, 0.3) is 0 Å². The number of rotatable bonds is 4. The molecule has 0 saturated carbocycles. The summed E-state index contributed by atoms with van der Waals surface area (Å²) >= 11 is 0. The minimum Gasteiger partial charge on any atom is -0.342 e. The largest absolute Gasteiger partial charge is 0.342 e. The number of nitrogens with one attached hydrogen (secondary N) is 1. The third-order valence-electron chi connectivity index (χ3n) is 2.95. The molecule has 1 heterocycles. The van der Waals surface area contributed by atoms with Crippen LogP contribution in [-0.2, 0) is 12.8 Å². The molecule has 3 nitrogen and oxygen atoms in total.